The summed E-state index contributed by atoms with van der Waals surface area (Å²) in [4.78, 5) is 0. The van der Waals surface area contributed by atoms with E-state index < -0.39 is 15.8 Å². The Bertz CT molecular complexity index is 487. The Hall–Kier alpha value is -0.850. The Balaban J connectivity index is 2.18. The molecule has 0 radical (unpaired) electrons. The zero-order chi connectivity index (χ0) is 14.3. The molecule has 0 saturated carbocycles. The first-order valence-electron chi connectivity index (χ1n) is 5.97. The van der Waals surface area contributed by atoms with Gasteiger partial charge in [0, 0.05) is 0 Å². The van der Waals surface area contributed by atoms with Crippen LogP contribution in [0.15, 0.2) is 18.2 Å². The van der Waals surface area contributed by atoms with Crippen LogP contribution in [0.1, 0.15) is 25.7 Å². The van der Waals surface area contributed by atoms with E-state index >= 15 is 0 Å². The molecule has 0 aromatic heterocycles. The fraction of sp³-hybridized carbons (Fsp3) is 0.500. The van der Waals surface area contributed by atoms with Crippen molar-refractivity contribution in [2.24, 2.45) is 5.14 Å². The van der Waals surface area contributed by atoms with Gasteiger partial charge in [0.25, 0.3) is 0 Å². The van der Waals surface area contributed by atoms with Crippen LogP contribution >= 0.6 is 11.6 Å². The molecule has 4 nitrogen and oxygen atoms in total. The standard InChI is InChI=1S/C12H17ClFNO3S/c13-10-6-5-7-11(14)12(10)18-8-3-1-2-4-9-19(15,16)17/h5-7H,1-4,8-9H2,(H2,15,16,17). The topological polar surface area (TPSA) is 69.4 Å². The maximum atomic E-state index is 13.3. The summed E-state index contributed by atoms with van der Waals surface area (Å²) in [6, 6.07) is 4.36. The Morgan fingerprint density at radius 3 is 2.53 bits per heavy atom. The Labute approximate surface area is 117 Å². The average Bonchev–Trinajstić information content (AvgIpc) is 2.29. The molecule has 1 aromatic carbocycles. The van der Waals surface area contributed by atoms with E-state index in [4.69, 9.17) is 21.5 Å². The summed E-state index contributed by atoms with van der Waals surface area (Å²) < 4.78 is 39.9. The SMILES string of the molecule is NS(=O)(=O)CCCCCCOc1c(F)cccc1Cl. The Kier molecular flexibility index (Phi) is 6.54. The first kappa shape index (κ1) is 16.2. The molecular formula is C12H17ClFNO3S. The Morgan fingerprint density at radius 1 is 1.21 bits per heavy atom. The lowest BCUT2D eigenvalue weighted by Crippen LogP contribution is -2.16. The number of hydrogen-bond donors (Lipinski definition) is 1. The van der Waals surface area contributed by atoms with Gasteiger partial charge in [-0.25, -0.2) is 17.9 Å². The smallest absolute Gasteiger partial charge is 0.209 e. The summed E-state index contributed by atoms with van der Waals surface area (Å²) in [7, 11) is -3.37. The molecule has 0 spiro atoms. The van der Waals surface area contributed by atoms with Gasteiger partial charge in [0.1, 0.15) is 0 Å². The first-order valence-corrected chi connectivity index (χ1v) is 8.07. The molecule has 0 aliphatic carbocycles. The van der Waals surface area contributed by atoms with Gasteiger partial charge < -0.3 is 4.74 Å². The fourth-order valence-corrected chi connectivity index (χ4v) is 2.38. The van der Waals surface area contributed by atoms with Crippen LogP contribution in [0.5, 0.6) is 5.75 Å². The monoisotopic (exact) mass is 309 g/mol. The van der Waals surface area contributed by atoms with Gasteiger partial charge in [0.2, 0.25) is 10.0 Å². The zero-order valence-corrected chi connectivity index (χ0v) is 12.0. The van der Waals surface area contributed by atoms with Crippen molar-refractivity contribution in [3.05, 3.63) is 29.0 Å². The van der Waals surface area contributed by atoms with E-state index in [1.54, 1.807) is 6.07 Å². The van der Waals surface area contributed by atoms with Crippen LogP contribution in [-0.4, -0.2) is 20.8 Å². The molecule has 0 bridgehead atoms. The maximum Gasteiger partial charge on any atom is 0.209 e. The molecule has 0 aliphatic heterocycles. The number of para-hydroxylation sites is 1. The predicted octanol–water partition coefficient (Wildman–Crippen LogP) is 2.71. The number of primary sulfonamides is 1. The van der Waals surface area contributed by atoms with Gasteiger partial charge in [-0.2, -0.15) is 0 Å². The van der Waals surface area contributed by atoms with E-state index in [0.717, 1.165) is 12.8 Å². The number of rotatable bonds is 8. The van der Waals surface area contributed by atoms with E-state index in [0.29, 0.717) is 19.4 Å². The minimum Gasteiger partial charge on any atom is -0.489 e. The van der Waals surface area contributed by atoms with Gasteiger partial charge >= 0.3 is 0 Å². The van der Waals surface area contributed by atoms with Crippen LogP contribution < -0.4 is 9.88 Å². The van der Waals surface area contributed by atoms with Crippen molar-refractivity contribution < 1.29 is 17.5 Å². The Morgan fingerprint density at radius 2 is 1.89 bits per heavy atom. The summed E-state index contributed by atoms with van der Waals surface area (Å²) in [5, 5.41) is 5.12. The van der Waals surface area contributed by atoms with Gasteiger partial charge in [-0.1, -0.05) is 30.5 Å². The van der Waals surface area contributed by atoms with Crippen molar-refractivity contribution in [1.29, 1.82) is 0 Å². The molecule has 0 heterocycles. The molecule has 19 heavy (non-hydrogen) atoms. The van der Waals surface area contributed by atoms with Crippen LogP contribution in [0.4, 0.5) is 4.39 Å². The van der Waals surface area contributed by atoms with Gasteiger partial charge in [-0.15, -0.1) is 0 Å². The molecule has 1 aromatic rings. The highest BCUT2D eigenvalue weighted by Gasteiger charge is 2.07. The van der Waals surface area contributed by atoms with Crippen LogP contribution in [0.2, 0.25) is 5.02 Å². The largest absolute Gasteiger partial charge is 0.489 e. The zero-order valence-electron chi connectivity index (χ0n) is 10.4. The first-order chi connectivity index (χ1) is 8.90. The number of nitrogens with two attached hydrogens (primary N) is 1. The lowest BCUT2D eigenvalue weighted by Gasteiger charge is -2.08. The second-order valence-corrected chi connectivity index (χ2v) is 6.32. The van der Waals surface area contributed by atoms with Crippen molar-refractivity contribution in [3.63, 3.8) is 0 Å². The van der Waals surface area contributed by atoms with E-state index in [2.05, 4.69) is 0 Å². The highest BCUT2D eigenvalue weighted by molar-refractivity contribution is 7.89. The van der Waals surface area contributed by atoms with E-state index in [9.17, 15) is 12.8 Å². The van der Waals surface area contributed by atoms with E-state index in [1.165, 1.54) is 12.1 Å². The van der Waals surface area contributed by atoms with Crippen LogP contribution in [0, 0.1) is 5.82 Å². The number of sulfonamides is 1. The number of unbranched alkanes of at least 4 members (excludes halogenated alkanes) is 3. The predicted molar refractivity (Wildman–Crippen MR) is 73.3 cm³/mol. The highest BCUT2D eigenvalue weighted by Crippen LogP contribution is 2.27. The van der Waals surface area contributed by atoms with E-state index in [1.807, 2.05) is 0 Å². The number of hydrogen-bond acceptors (Lipinski definition) is 3. The van der Waals surface area contributed by atoms with Crippen LogP contribution in [0.3, 0.4) is 0 Å². The van der Waals surface area contributed by atoms with Crippen molar-refractivity contribution in [3.8, 4) is 5.75 Å². The normalized spacial score (nSPS) is 11.5. The van der Waals surface area contributed by atoms with Gasteiger partial charge in [-0.05, 0) is 25.0 Å². The quantitative estimate of drug-likeness (QED) is 0.751. The summed E-state index contributed by atoms with van der Waals surface area (Å²) in [6.07, 6.45) is 2.76. The second kappa shape index (κ2) is 7.67. The second-order valence-electron chi connectivity index (χ2n) is 4.18. The summed E-state index contributed by atoms with van der Waals surface area (Å²) in [5.74, 6) is -0.428. The maximum absolute atomic E-state index is 13.3. The third-order valence-corrected chi connectivity index (χ3v) is 3.64. The minimum atomic E-state index is -3.37. The molecule has 0 saturated heterocycles. The molecule has 2 N–H and O–H groups in total. The fourth-order valence-electron chi connectivity index (χ4n) is 1.55. The molecule has 0 aliphatic rings. The van der Waals surface area contributed by atoms with Gasteiger partial charge in [0.15, 0.2) is 11.6 Å². The van der Waals surface area contributed by atoms with Gasteiger partial charge in [0.05, 0.1) is 17.4 Å². The summed E-state index contributed by atoms with van der Waals surface area (Å²) in [5.41, 5.74) is 0. The average molecular weight is 310 g/mol. The highest BCUT2D eigenvalue weighted by atomic mass is 35.5. The molecule has 0 fully saturated rings. The van der Waals surface area contributed by atoms with E-state index in [-0.39, 0.29) is 16.5 Å². The lowest BCUT2D eigenvalue weighted by molar-refractivity contribution is 0.291. The van der Waals surface area contributed by atoms with Gasteiger partial charge in [-0.3, -0.25) is 0 Å². The van der Waals surface area contributed by atoms with Crippen molar-refractivity contribution >= 4 is 21.6 Å². The molecule has 7 heteroatoms. The summed E-state index contributed by atoms with van der Waals surface area (Å²) >= 11 is 5.80. The van der Waals surface area contributed by atoms with Crippen molar-refractivity contribution in [2.75, 3.05) is 12.4 Å². The molecule has 1 rings (SSSR count). The van der Waals surface area contributed by atoms with Crippen molar-refractivity contribution in [1.82, 2.24) is 0 Å². The molecule has 0 atom stereocenters. The third kappa shape index (κ3) is 6.75. The third-order valence-electron chi connectivity index (χ3n) is 2.49. The van der Waals surface area contributed by atoms with Crippen molar-refractivity contribution in [2.45, 2.75) is 25.7 Å². The minimum absolute atomic E-state index is 0.00695. The lowest BCUT2D eigenvalue weighted by atomic mass is 10.2. The number of halogens is 2. The number of ether oxygens (including phenoxy) is 1. The molecule has 0 unspecified atom stereocenters. The van der Waals surface area contributed by atoms with Crippen LogP contribution in [0.25, 0.3) is 0 Å². The molecule has 108 valence electrons. The van der Waals surface area contributed by atoms with Crippen LogP contribution in [-0.2, 0) is 10.0 Å². The molecule has 0 amide bonds. The number of benzene rings is 1. The molecular weight excluding hydrogens is 293 g/mol. The summed E-state index contributed by atoms with van der Waals surface area (Å²) in [6.45, 7) is 0.343.